The Labute approximate surface area is 126 Å². The predicted octanol–water partition coefficient (Wildman–Crippen LogP) is 4.50. The van der Waals surface area contributed by atoms with Crippen LogP contribution in [0.5, 0.6) is 0 Å². The summed E-state index contributed by atoms with van der Waals surface area (Å²) in [5, 5.41) is 11.3. The summed E-state index contributed by atoms with van der Waals surface area (Å²) in [5.41, 5.74) is 3.36. The minimum Gasteiger partial charge on any atom is -0.256 e. The first-order chi connectivity index (χ1) is 10.3. The van der Waals surface area contributed by atoms with Crippen LogP contribution in [0.1, 0.15) is 0 Å². The second-order valence-electron chi connectivity index (χ2n) is 4.79. The average Bonchev–Trinajstić information content (AvgIpc) is 2.92. The van der Waals surface area contributed by atoms with Crippen LogP contribution in [0.15, 0.2) is 60.8 Å². The molecule has 0 amide bonds. The molecule has 0 N–H and O–H groups in total. The predicted molar refractivity (Wildman–Crippen MR) is 85.3 cm³/mol. The van der Waals surface area contributed by atoms with Crippen LogP contribution in [0, 0.1) is 0 Å². The van der Waals surface area contributed by atoms with Crippen LogP contribution in [-0.4, -0.2) is 15.2 Å². The molecule has 4 aromatic rings. The lowest BCUT2D eigenvalue weighted by molar-refractivity contribution is 1.10. The molecule has 0 atom stereocenters. The van der Waals surface area contributed by atoms with Crippen LogP contribution in [-0.2, 0) is 0 Å². The van der Waals surface area contributed by atoms with Crippen LogP contribution in [0.4, 0.5) is 0 Å². The lowest BCUT2D eigenvalue weighted by Crippen LogP contribution is -1.83. The van der Waals surface area contributed by atoms with Crippen molar-refractivity contribution in [1.82, 2.24) is 15.2 Å². The van der Waals surface area contributed by atoms with Gasteiger partial charge in [-0.05, 0) is 18.2 Å². The van der Waals surface area contributed by atoms with Gasteiger partial charge in [-0.25, -0.2) is 0 Å². The van der Waals surface area contributed by atoms with Gasteiger partial charge in [0.1, 0.15) is 11.2 Å². The van der Waals surface area contributed by atoms with Crippen molar-refractivity contribution in [1.29, 1.82) is 0 Å². The zero-order valence-corrected chi connectivity index (χ0v) is 11.7. The fourth-order valence-corrected chi connectivity index (χ4v) is 2.72. The molecule has 0 saturated carbocycles. The van der Waals surface area contributed by atoms with E-state index in [1.807, 2.05) is 54.6 Å². The molecule has 0 fully saturated rings. The van der Waals surface area contributed by atoms with Gasteiger partial charge in [-0.15, -0.1) is 10.2 Å². The van der Waals surface area contributed by atoms with Gasteiger partial charge in [0.15, 0.2) is 0 Å². The van der Waals surface area contributed by atoms with E-state index in [-0.39, 0.29) is 0 Å². The Morgan fingerprint density at radius 2 is 1.71 bits per heavy atom. The molecular formula is C17H10ClN3. The van der Waals surface area contributed by atoms with Crippen LogP contribution in [0.2, 0.25) is 5.02 Å². The fraction of sp³-hybridized carbons (Fsp3) is 0. The molecule has 4 rings (SSSR count). The van der Waals surface area contributed by atoms with Crippen molar-refractivity contribution in [3.8, 4) is 11.3 Å². The summed E-state index contributed by atoms with van der Waals surface area (Å²) in [6.07, 6.45) is 1.78. The summed E-state index contributed by atoms with van der Waals surface area (Å²) in [5.74, 6) is 0. The van der Waals surface area contributed by atoms with Crippen molar-refractivity contribution in [3.63, 3.8) is 0 Å². The van der Waals surface area contributed by atoms with Gasteiger partial charge in [0.05, 0.1) is 10.5 Å². The minimum atomic E-state index is 0.586. The number of hydrogen-bond donors (Lipinski definition) is 0. The highest BCUT2D eigenvalue weighted by Crippen LogP contribution is 2.28. The van der Waals surface area contributed by atoms with Crippen molar-refractivity contribution < 1.29 is 0 Å². The van der Waals surface area contributed by atoms with Crippen molar-refractivity contribution in [2.75, 3.05) is 0 Å². The number of benzene rings is 2. The third-order valence-corrected chi connectivity index (χ3v) is 3.77. The van der Waals surface area contributed by atoms with E-state index < -0.39 is 0 Å². The SMILES string of the molecule is Clc1cc2ccc3nccc3c2nnc1-c1ccccc1. The maximum Gasteiger partial charge on any atom is 0.111 e. The summed E-state index contributed by atoms with van der Waals surface area (Å²) in [6.45, 7) is 0. The highest BCUT2D eigenvalue weighted by molar-refractivity contribution is 6.33. The Balaban J connectivity index is 2.07. The lowest BCUT2D eigenvalue weighted by atomic mass is 10.1. The number of aromatic nitrogens is 3. The zero-order valence-electron chi connectivity index (χ0n) is 11.0. The molecule has 0 aliphatic rings. The monoisotopic (exact) mass is 291 g/mol. The summed E-state index contributed by atoms with van der Waals surface area (Å²) < 4.78 is 0. The van der Waals surface area contributed by atoms with E-state index >= 15 is 0 Å². The smallest absolute Gasteiger partial charge is 0.111 e. The van der Waals surface area contributed by atoms with Gasteiger partial charge >= 0.3 is 0 Å². The summed E-state index contributed by atoms with van der Waals surface area (Å²) in [6, 6.07) is 17.6. The molecule has 0 radical (unpaired) electrons. The molecule has 0 unspecified atom stereocenters. The van der Waals surface area contributed by atoms with E-state index in [1.165, 1.54) is 0 Å². The van der Waals surface area contributed by atoms with E-state index in [4.69, 9.17) is 11.6 Å². The number of hydrogen-bond acceptors (Lipinski definition) is 3. The molecule has 0 spiro atoms. The third-order valence-electron chi connectivity index (χ3n) is 3.49. The molecule has 0 bridgehead atoms. The average molecular weight is 292 g/mol. The highest BCUT2D eigenvalue weighted by Gasteiger charge is 2.08. The van der Waals surface area contributed by atoms with E-state index in [1.54, 1.807) is 6.20 Å². The maximum absolute atomic E-state index is 6.43. The van der Waals surface area contributed by atoms with Crippen LogP contribution in [0.25, 0.3) is 33.1 Å². The first-order valence-electron chi connectivity index (χ1n) is 6.59. The van der Waals surface area contributed by atoms with Crippen molar-refractivity contribution in [2.45, 2.75) is 0 Å². The molecule has 0 saturated heterocycles. The lowest BCUT2D eigenvalue weighted by Gasteiger charge is -1.97. The highest BCUT2D eigenvalue weighted by atomic mass is 35.5. The zero-order chi connectivity index (χ0) is 14.2. The van der Waals surface area contributed by atoms with Crippen molar-refractivity contribution in [2.24, 2.45) is 0 Å². The first kappa shape index (κ1) is 12.2. The van der Waals surface area contributed by atoms with E-state index in [9.17, 15) is 0 Å². The quantitative estimate of drug-likeness (QED) is 0.518. The standard InChI is InChI=1S/C17H10ClN3/c18-14-10-12-6-7-15-13(8-9-19-15)16(12)20-21-17(14)11-4-2-1-3-5-11/h1-10H. The molecule has 2 heterocycles. The van der Waals surface area contributed by atoms with Gasteiger partial charge in [0, 0.05) is 22.5 Å². The van der Waals surface area contributed by atoms with Gasteiger partial charge in [0.2, 0.25) is 0 Å². The number of fused-ring (bicyclic) bond motifs is 3. The Bertz CT molecular complexity index is 952. The maximum atomic E-state index is 6.43. The topological polar surface area (TPSA) is 38.7 Å². The molecule has 100 valence electrons. The van der Waals surface area contributed by atoms with Gasteiger partial charge in [-0.2, -0.15) is 0 Å². The normalized spacial score (nSPS) is 11.1. The van der Waals surface area contributed by atoms with E-state index in [0.29, 0.717) is 10.7 Å². The number of halogens is 1. The van der Waals surface area contributed by atoms with Gasteiger partial charge < -0.3 is 0 Å². The first-order valence-corrected chi connectivity index (χ1v) is 6.97. The number of nitrogens with zero attached hydrogens (tertiary/aromatic N) is 3. The largest absolute Gasteiger partial charge is 0.256 e. The molecule has 2 aromatic heterocycles. The van der Waals surface area contributed by atoms with Crippen LogP contribution >= 0.6 is 11.6 Å². The van der Waals surface area contributed by atoms with Gasteiger partial charge in [-0.1, -0.05) is 48.0 Å². The van der Waals surface area contributed by atoms with Gasteiger partial charge in [-0.3, -0.25) is 4.98 Å². The minimum absolute atomic E-state index is 0.586. The molecule has 21 heavy (non-hydrogen) atoms. The molecule has 4 heteroatoms. The molecule has 2 aromatic carbocycles. The summed E-state index contributed by atoms with van der Waals surface area (Å²) >= 11 is 6.43. The Morgan fingerprint density at radius 1 is 0.857 bits per heavy atom. The Morgan fingerprint density at radius 3 is 2.57 bits per heavy atom. The number of rotatable bonds is 1. The van der Waals surface area contributed by atoms with E-state index in [0.717, 1.165) is 27.4 Å². The van der Waals surface area contributed by atoms with Crippen molar-refractivity contribution >= 4 is 33.4 Å². The van der Waals surface area contributed by atoms with Crippen LogP contribution < -0.4 is 0 Å². The molecule has 3 nitrogen and oxygen atoms in total. The summed E-state index contributed by atoms with van der Waals surface area (Å²) in [7, 11) is 0. The second kappa shape index (κ2) is 4.79. The second-order valence-corrected chi connectivity index (χ2v) is 5.20. The van der Waals surface area contributed by atoms with Crippen molar-refractivity contribution in [3.05, 3.63) is 65.8 Å². The third kappa shape index (κ3) is 2.03. The summed E-state index contributed by atoms with van der Waals surface area (Å²) in [4.78, 5) is 4.29. The van der Waals surface area contributed by atoms with E-state index in [2.05, 4.69) is 15.2 Å². The molecular weight excluding hydrogens is 282 g/mol. The fourth-order valence-electron chi connectivity index (χ4n) is 2.46. The molecule has 0 aliphatic carbocycles. The molecule has 0 aliphatic heterocycles. The Kier molecular flexibility index (Phi) is 2.79. The van der Waals surface area contributed by atoms with Crippen LogP contribution in [0.3, 0.4) is 0 Å². The Hall–Kier alpha value is -2.52. The van der Waals surface area contributed by atoms with Gasteiger partial charge in [0.25, 0.3) is 0 Å².